The van der Waals surface area contributed by atoms with Crippen LogP contribution in [-0.4, -0.2) is 114 Å². The normalized spacial score (nSPS) is 34.1. The van der Waals surface area contributed by atoms with Gasteiger partial charge in [-0.05, 0) is 65.2 Å². The molecule has 1 amide bonds. The van der Waals surface area contributed by atoms with Gasteiger partial charge in [0.15, 0.2) is 23.1 Å². The molecule has 1 aromatic rings. The van der Waals surface area contributed by atoms with Crippen LogP contribution in [0.25, 0.3) is 0 Å². The third-order valence-corrected chi connectivity index (χ3v) is 12.8. The summed E-state index contributed by atoms with van der Waals surface area (Å²) < 4.78 is 42.2. The molecular formula is C43H59NO14. The van der Waals surface area contributed by atoms with Gasteiger partial charge in [0.2, 0.25) is 0 Å². The standard InChI is InChI=1S/C43H59NO14/c1-13-22(2)36(49)57-43-20-26(55-37(50)31(46)30(25-17-15-14-16-18-25)44-38(51)58-39(5,6)7)23(3)29(40(43,8)9)32(53-12)34(47)41(10)27(52-11)19-28-42(21-54-28,56-24(4)45)33(41)35(43)48/h13-18,26-28,30-33,35,46,48H,19-21H2,1-12H3,(H,44,51)/b22-13+/t26-,27-,28+,30-,31+,32+,33-,35-,41+,42-,43?/m0/s1. The molecule has 58 heavy (non-hydrogen) atoms. The Morgan fingerprint density at radius 3 is 2.17 bits per heavy atom. The third-order valence-electron chi connectivity index (χ3n) is 12.8. The maximum Gasteiger partial charge on any atom is 0.408 e. The van der Waals surface area contributed by atoms with Crippen molar-refractivity contribution in [1.82, 2.24) is 5.32 Å². The lowest BCUT2D eigenvalue weighted by molar-refractivity contribution is -0.348. The number of ether oxygens (including phenoxy) is 7. The Morgan fingerprint density at radius 1 is 1.02 bits per heavy atom. The van der Waals surface area contributed by atoms with Crippen molar-refractivity contribution in [2.45, 2.75) is 142 Å². The van der Waals surface area contributed by atoms with Gasteiger partial charge in [-0.1, -0.05) is 50.3 Å². The van der Waals surface area contributed by atoms with Gasteiger partial charge in [-0.15, -0.1) is 0 Å². The number of aliphatic hydroxyl groups is 2. The molecule has 1 aromatic carbocycles. The third kappa shape index (κ3) is 7.37. The number of esters is 3. The number of carbonyl (C=O) groups excluding carboxylic acids is 5. The average molecular weight is 814 g/mol. The zero-order valence-corrected chi connectivity index (χ0v) is 35.5. The van der Waals surface area contributed by atoms with Gasteiger partial charge < -0.3 is 48.7 Å². The first-order valence-electron chi connectivity index (χ1n) is 19.6. The number of carbonyl (C=O) groups is 5. The van der Waals surface area contributed by atoms with E-state index in [9.17, 15) is 29.4 Å². The van der Waals surface area contributed by atoms with E-state index in [0.29, 0.717) is 11.1 Å². The van der Waals surface area contributed by atoms with E-state index in [1.165, 1.54) is 21.1 Å². The summed E-state index contributed by atoms with van der Waals surface area (Å²) in [6.45, 7) is 16.0. The predicted molar refractivity (Wildman–Crippen MR) is 207 cm³/mol. The summed E-state index contributed by atoms with van der Waals surface area (Å²) in [5.74, 6) is -4.47. The second-order valence-electron chi connectivity index (χ2n) is 17.6. The highest BCUT2D eigenvalue weighted by atomic mass is 16.6. The van der Waals surface area contributed by atoms with Crippen LogP contribution in [-0.2, 0) is 52.3 Å². The van der Waals surface area contributed by atoms with E-state index in [1.54, 1.807) is 98.7 Å². The molecule has 2 bridgehead atoms. The summed E-state index contributed by atoms with van der Waals surface area (Å²) in [5.41, 5.74) is -6.35. The molecule has 1 saturated heterocycles. The second-order valence-corrected chi connectivity index (χ2v) is 17.6. The van der Waals surface area contributed by atoms with Crippen LogP contribution in [0.4, 0.5) is 4.79 Å². The van der Waals surface area contributed by atoms with E-state index in [1.807, 2.05) is 0 Å². The summed E-state index contributed by atoms with van der Waals surface area (Å²) in [7, 11) is 2.78. The molecule has 4 aliphatic rings. The maximum absolute atomic E-state index is 15.4. The number of ketones is 1. The number of aliphatic hydroxyl groups excluding tert-OH is 2. The van der Waals surface area contributed by atoms with Crippen molar-refractivity contribution in [3.8, 4) is 0 Å². The molecule has 1 aliphatic heterocycles. The molecule has 320 valence electrons. The number of fused-ring (bicyclic) bond motifs is 5. The van der Waals surface area contributed by atoms with Crippen LogP contribution in [0.2, 0.25) is 0 Å². The number of amides is 1. The lowest BCUT2D eigenvalue weighted by Gasteiger charge is -2.68. The van der Waals surface area contributed by atoms with Crippen molar-refractivity contribution >= 4 is 29.8 Å². The molecule has 11 atom stereocenters. The van der Waals surface area contributed by atoms with E-state index in [-0.39, 0.29) is 30.6 Å². The monoisotopic (exact) mass is 813 g/mol. The van der Waals surface area contributed by atoms with Gasteiger partial charge in [-0.25, -0.2) is 14.4 Å². The zero-order valence-electron chi connectivity index (χ0n) is 35.5. The molecule has 15 nitrogen and oxygen atoms in total. The van der Waals surface area contributed by atoms with Gasteiger partial charge in [0.05, 0.1) is 24.2 Å². The van der Waals surface area contributed by atoms with E-state index in [2.05, 4.69) is 5.32 Å². The number of nitrogens with one attached hydrogen (secondary N) is 1. The van der Waals surface area contributed by atoms with Gasteiger partial charge in [0.1, 0.15) is 30.0 Å². The minimum Gasteiger partial charge on any atom is -0.456 e. The molecule has 0 spiro atoms. The topological polar surface area (TPSA) is 202 Å². The molecule has 3 fully saturated rings. The number of allylic oxidation sites excluding steroid dienone is 1. The van der Waals surface area contributed by atoms with Gasteiger partial charge in [0, 0.05) is 50.9 Å². The van der Waals surface area contributed by atoms with Crippen LogP contribution in [0.5, 0.6) is 0 Å². The first-order chi connectivity index (χ1) is 27.0. The van der Waals surface area contributed by atoms with E-state index < -0.39 is 106 Å². The summed E-state index contributed by atoms with van der Waals surface area (Å²) in [6.07, 6.45) is -7.78. The lowest BCUT2D eigenvalue weighted by Crippen LogP contribution is -2.82. The molecule has 0 radical (unpaired) electrons. The molecule has 1 unspecified atom stereocenters. The molecule has 5 rings (SSSR count). The van der Waals surface area contributed by atoms with Crippen molar-refractivity contribution in [2.75, 3.05) is 20.8 Å². The Hall–Kier alpha value is -4.15. The van der Waals surface area contributed by atoms with Gasteiger partial charge in [-0.3, -0.25) is 9.59 Å². The van der Waals surface area contributed by atoms with Crippen LogP contribution in [0.1, 0.15) is 93.7 Å². The maximum atomic E-state index is 15.4. The largest absolute Gasteiger partial charge is 0.456 e. The predicted octanol–water partition coefficient (Wildman–Crippen LogP) is 4.22. The highest BCUT2D eigenvalue weighted by Gasteiger charge is 2.78. The highest BCUT2D eigenvalue weighted by molar-refractivity contribution is 5.94. The van der Waals surface area contributed by atoms with E-state index in [0.717, 1.165) is 0 Å². The lowest BCUT2D eigenvalue weighted by atomic mass is 9.44. The summed E-state index contributed by atoms with van der Waals surface area (Å²) >= 11 is 0. The quantitative estimate of drug-likeness (QED) is 0.131. The molecule has 0 aromatic heterocycles. The van der Waals surface area contributed by atoms with Crippen molar-refractivity contribution in [3.05, 3.63) is 58.7 Å². The summed E-state index contributed by atoms with van der Waals surface area (Å²) in [4.78, 5) is 69.5. The Bertz CT molecular complexity index is 1850. The first-order valence-corrected chi connectivity index (χ1v) is 19.6. The Labute approximate surface area is 339 Å². The van der Waals surface area contributed by atoms with Crippen molar-refractivity contribution in [3.63, 3.8) is 0 Å². The molecule has 2 saturated carbocycles. The number of benzene rings is 1. The Kier molecular flexibility index (Phi) is 12.5. The van der Waals surface area contributed by atoms with Crippen LogP contribution in [0.15, 0.2) is 53.1 Å². The average Bonchev–Trinajstić information content (AvgIpc) is 3.14. The number of Topliss-reactive ketones (excluding diaryl/α,β-unsaturated/α-hetero) is 1. The molecule has 1 heterocycles. The molecule has 3 N–H and O–H groups in total. The fourth-order valence-corrected chi connectivity index (χ4v) is 9.76. The zero-order chi connectivity index (χ0) is 43.3. The van der Waals surface area contributed by atoms with Gasteiger partial charge in [-0.2, -0.15) is 0 Å². The number of rotatable bonds is 10. The van der Waals surface area contributed by atoms with Gasteiger partial charge >= 0.3 is 24.0 Å². The van der Waals surface area contributed by atoms with Crippen LogP contribution in [0, 0.1) is 16.7 Å². The fraction of sp³-hybridized carbons (Fsp3) is 0.651. The molecule has 15 heteroatoms. The Balaban J connectivity index is 1.71. The number of methoxy groups -OCH3 is 2. The molecular weight excluding hydrogens is 754 g/mol. The van der Waals surface area contributed by atoms with Crippen molar-refractivity contribution in [2.24, 2.45) is 16.7 Å². The summed E-state index contributed by atoms with van der Waals surface area (Å²) in [5, 5.41) is 27.5. The van der Waals surface area contributed by atoms with Crippen molar-refractivity contribution in [1.29, 1.82) is 0 Å². The van der Waals surface area contributed by atoms with Gasteiger partial charge in [0.25, 0.3) is 0 Å². The summed E-state index contributed by atoms with van der Waals surface area (Å²) in [6, 6.07) is 6.96. The van der Waals surface area contributed by atoms with Crippen LogP contribution >= 0.6 is 0 Å². The Morgan fingerprint density at radius 2 is 1.66 bits per heavy atom. The van der Waals surface area contributed by atoms with E-state index >= 15 is 4.79 Å². The second kappa shape index (κ2) is 16.1. The van der Waals surface area contributed by atoms with Crippen molar-refractivity contribution < 1.29 is 67.3 Å². The van der Waals surface area contributed by atoms with E-state index in [4.69, 9.17) is 33.2 Å². The highest BCUT2D eigenvalue weighted by Crippen LogP contribution is 2.65. The minimum atomic E-state index is -2.03. The first kappa shape index (κ1) is 44.9. The number of alkyl carbamates (subject to hydrolysis) is 1. The minimum absolute atomic E-state index is 0.135. The SMILES string of the molecule is C/C=C(\C)C(=O)OC12C[C@H](OC(=O)[C@H](O)[C@@H](NC(=O)OC(C)(C)C)c3ccccc3)C(C)=C([C@@H](OC)C(=O)[C@]3(C)[C@@H](OC)C[C@H]4OC[C@@]4(OC(C)=O)[C@H]3[C@@H]1O)C2(C)C. The fourth-order valence-electron chi connectivity index (χ4n) is 9.76. The molecule has 3 aliphatic carbocycles. The van der Waals surface area contributed by atoms with Crippen LogP contribution < -0.4 is 5.32 Å². The number of hydrogen-bond acceptors (Lipinski definition) is 14. The number of hydrogen-bond donors (Lipinski definition) is 3. The van der Waals surface area contributed by atoms with Crippen LogP contribution in [0.3, 0.4) is 0 Å². The smallest absolute Gasteiger partial charge is 0.408 e.